The van der Waals surface area contributed by atoms with Crippen molar-refractivity contribution in [2.45, 2.75) is 32.2 Å². The zero-order chi connectivity index (χ0) is 16.0. The first-order valence-electron chi connectivity index (χ1n) is 6.34. The summed E-state index contributed by atoms with van der Waals surface area (Å²) < 4.78 is 0. The summed E-state index contributed by atoms with van der Waals surface area (Å²) >= 11 is 5.66. The van der Waals surface area contributed by atoms with Crippen LogP contribution < -0.4 is 5.32 Å². The summed E-state index contributed by atoms with van der Waals surface area (Å²) in [5.74, 6) is -1.98. The first-order valence-corrected chi connectivity index (χ1v) is 6.72. The number of nitro groups is 1. The van der Waals surface area contributed by atoms with Crippen LogP contribution in [0.25, 0.3) is 0 Å². The van der Waals surface area contributed by atoms with Crippen molar-refractivity contribution in [3.63, 3.8) is 0 Å². The van der Waals surface area contributed by atoms with Crippen LogP contribution in [-0.2, 0) is 4.79 Å². The van der Waals surface area contributed by atoms with Crippen LogP contribution in [-0.4, -0.2) is 27.9 Å². The predicted molar refractivity (Wildman–Crippen MR) is 76.5 cm³/mol. The highest BCUT2D eigenvalue weighted by atomic mass is 35.5. The number of carboxylic acid groups (broad SMARTS) is 1. The molecule has 0 aromatic heterocycles. The second-order valence-corrected chi connectivity index (χ2v) is 4.86. The quantitative estimate of drug-likeness (QED) is 0.594. The minimum absolute atomic E-state index is 0.124. The summed E-state index contributed by atoms with van der Waals surface area (Å²) in [6, 6.07) is 2.52. The molecule has 0 aliphatic rings. The number of unbranched alkanes of at least 4 members (excludes halogenated alkanes) is 1. The molecular formula is C13H15ClN2O5. The number of rotatable bonds is 7. The van der Waals surface area contributed by atoms with E-state index < -0.39 is 28.5 Å². The van der Waals surface area contributed by atoms with Crippen molar-refractivity contribution >= 4 is 29.2 Å². The normalized spacial score (nSPS) is 11.7. The van der Waals surface area contributed by atoms with Gasteiger partial charge in [0, 0.05) is 11.1 Å². The van der Waals surface area contributed by atoms with E-state index in [9.17, 15) is 19.7 Å². The summed E-state index contributed by atoms with van der Waals surface area (Å²) in [5, 5.41) is 22.4. The number of hydrogen-bond acceptors (Lipinski definition) is 4. The molecule has 0 fully saturated rings. The Bertz CT molecular complexity index is 561. The molecule has 0 radical (unpaired) electrons. The van der Waals surface area contributed by atoms with Crippen LogP contribution >= 0.6 is 11.6 Å². The van der Waals surface area contributed by atoms with Gasteiger partial charge in [0.1, 0.15) is 11.6 Å². The minimum atomic E-state index is -1.17. The standard InChI is InChI=1S/C13H15ClN2O5/c1-2-3-4-10(13(18)19)15-12(17)9-6-5-8(14)7-11(9)16(20)21/h5-7,10H,2-4H2,1H3,(H,15,17)(H,18,19)/t10-/m0/s1. The molecule has 0 heterocycles. The Hall–Kier alpha value is -2.15. The van der Waals surface area contributed by atoms with Gasteiger partial charge in [-0.2, -0.15) is 0 Å². The molecular weight excluding hydrogens is 300 g/mol. The van der Waals surface area contributed by atoms with Crippen LogP contribution in [0.2, 0.25) is 5.02 Å². The van der Waals surface area contributed by atoms with Gasteiger partial charge in [-0.3, -0.25) is 14.9 Å². The summed E-state index contributed by atoms with van der Waals surface area (Å²) in [4.78, 5) is 33.3. The second kappa shape index (κ2) is 7.58. The van der Waals surface area contributed by atoms with Crippen LogP contribution in [0.3, 0.4) is 0 Å². The van der Waals surface area contributed by atoms with Gasteiger partial charge < -0.3 is 10.4 Å². The zero-order valence-corrected chi connectivity index (χ0v) is 12.1. The van der Waals surface area contributed by atoms with E-state index in [0.717, 1.165) is 12.5 Å². The molecule has 0 bridgehead atoms. The molecule has 0 saturated carbocycles. The first kappa shape index (κ1) is 16.9. The summed E-state index contributed by atoms with van der Waals surface area (Å²) in [5.41, 5.74) is -0.674. The Morgan fingerprint density at radius 2 is 2.14 bits per heavy atom. The number of nitro benzene ring substituents is 1. The number of nitrogens with zero attached hydrogens (tertiary/aromatic N) is 1. The highest BCUT2D eigenvalue weighted by Crippen LogP contribution is 2.23. The number of benzene rings is 1. The van der Waals surface area contributed by atoms with E-state index in [1.165, 1.54) is 12.1 Å². The van der Waals surface area contributed by atoms with Crippen molar-refractivity contribution in [1.29, 1.82) is 0 Å². The lowest BCUT2D eigenvalue weighted by Gasteiger charge is -2.14. The third-order valence-corrected chi connectivity index (χ3v) is 3.09. The Labute approximate surface area is 126 Å². The smallest absolute Gasteiger partial charge is 0.326 e. The molecule has 0 spiro atoms. The van der Waals surface area contributed by atoms with E-state index in [1.807, 2.05) is 6.92 Å². The Kier molecular flexibility index (Phi) is 6.10. The molecule has 2 N–H and O–H groups in total. The van der Waals surface area contributed by atoms with Gasteiger partial charge in [-0.15, -0.1) is 0 Å². The highest BCUT2D eigenvalue weighted by Gasteiger charge is 2.25. The lowest BCUT2D eigenvalue weighted by Crippen LogP contribution is -2.40. The van der Waals surface area contributed by atoms with Crippen molar-refractivity contribution in [2.75, 3.05) is 0 Å². The van der Waals surface area contributed by atoms with Gasteiger partial charge in [-0.25, -0.2) is 4.79 Å². The molecule has 1 atom stereocenters. The number of carbonyl (C=O) groups excluding carboxylic acids is 1. The molecule has 21 heavy (non-hydrogen) atoms. The number of halogens is 1. The van der Waals surface area contributed by atoms with Crippen LogP contribution in [0.4, 0.5) is 5.69 Å². The van der Waals surface area contributed by atoms with E-state index >= 15 is 0 Å². The summed E-state index contributed by atoms with van der Waals surface area (Å²) in [6.07, 6.45) is 1.67. The van der Waals surface area contributed by atoms with Crippen molar-refractivity contribution in [1.82, 2.24) is 5.32 Å². The van der Waals surface area contributed by atoms with E-state index in [0.29, 0.717) is 6.42 Å². The lowest BCUT2D eigenvalue weighted by molar-refractivity contribution is -0.385. The molecule has 1 aromatic carbocycles. The van der Waals surface area contributed by atoms with E-state index in [1.54, 1.807) is 0 Å². The molecule has 0 aliphatic carbocycles. The van der Waals surface area contributed by atoms with Crippen molar-refractivity contribution in [3.8, 4) is 0 Å². The molecule has 8 heteroatoms. The molecule has 114 valence electrons. The van der Waals surface area contributed by atoms with Crippen LogP contribution in [0.5, 0.6) is 0 Å². The fourth-order valence-corrected chi connectivity index (χ4v) is 1.92. The fourth-order valence-electron chi connectivity index (χ4n) is 1.75. The number of hydrogen-bond donors (Lipinski definition) is 2. The van der Waals surface area contributed by atoms with Crippen molar-refractivity contribution in [2.24, 2.45) is 0 Å². The lowest BCUT2D eigenvalue weighted by atomic mass is 10.1. The molecule has 7 nitrogen and oxygen atoms in total. The number of nitrogens with one attached hydrogen (secondary N) is 1. The SMILES string of the molecule is CCCC[C@H](NC(=O)c1ccc(Cl)cc1[N+](=O)[O-])C(=O)O. The average molecular weight is 315 g/mol. The number of carbonyl (C=O) groups is 2. The van der Waals surface area contributed by atoms with Gasteiger partial charge in [0.25, 0.3) is 11.6 Å². The Balaban J connectivity index is 2.97. The van der Waals surface area contributed by atoms with E-state index in [4.69, 9.17) is 16.7 Å². The van der Waals surface area contributed by atoms with E-state index in [-0.39, 0.29) is 17.0 Å². The first-order chi connectivity index (χ1) is 9.86. The molecule has 1 aromatic rings. The topological polar surface area (TPSA) is 110 Å². The van der Waals surface area contributed by atoms with Gasteiger partial charge in [-0.1, -0.05) is 31.4 Å². The highest BCUT2D eigenvalue weighted by molar-refractivity contribution is 6.31. The van der Waals surface area contributed by atoms with Gasteiger partial charge >= 0.3 is 5.97 Å². The van der Waals surface area contributed by atoms with Crippen LogP contribution in [0, 0.1) is 10.1 Å². The number of carboxylic acids is 1. The third-order valence-electron chi connectivity index (χ3n) is 2.85. The summed E-state index contributed by atoms with van der Waals surface area (Å²) in [7, 11) is 0. The average Bonchev–Trinajstić information content (AvgIpc) is 2.42. The Morgan fingerprint density at radius 1 is 1.48 bits per heavy atom. The van der Waals surface area contributed by atoms with Crippen LogP contribution in [0.15, 0.2) is 18.2 Å². The molecule has 0 unspecified atom stereocenters. The third kappa shape index (κ3) is 4.71. The van der Waals surface area contributed by atoms with Gasteiger partial charge in [0.2, 0.25) is 0 Å². The molecule has 1 rings (SSSR count). The zero-order valence-electron chi connectivity index (χ0n) is 11.3. The number of aliphatic carboxylic acids is 1. The fraction of sp³-hybridized carbons (Fsp3) is 0.385. The maximum absolute atomic E-state index is 12.0. The molecule has 1 amide bonds. The van der Waals surface area contributed by atoms with Crippen molar-refractivity contribution in [3.05, 3.63) is 38.9 Å². The predicted octanol–water partition coefficient (Wildman–Crippen LogP) is 2.62. The monoisotopic (exact) mass is 314 g/mol. The summed E-state index contributed by atoms with van der Waals surface area (Å²) in [6.45, 7) is 1.89. The Morgan fingerprint density at radius 3 is 2.67 bits per heavy atom. The van der Waals surface area contributed by atoms with E-state index in [2.05, 4.69) is 5.32 Å². The maximum Gasteiger partial charge on any atom is 0.326 e. The van der Waals surface area contributed by atoms with Gasteiger partial charge in [-0.05, 0) is 18.6 Å². The largest absolute Gasteiger partial charge is 0.480 e. The van der Waals surface area contributed by atoms with Crippen LogP contribution in [0.1, 0.15) is 36.5 Å². The van der Waals surface area contributed by atoms with Gasteiger partial charge in [0.05, 0.1) is 4.92 Å². The van der Waals surface area contributed by atoms with Gasteiger partial charge in [0.15, 0.2) is 0 Å². The minimum Gasteiger partial charge on any atom is -0.480 e. The number of amides is 1. The second-order valence-electron chi connectivity index (χ2n) is 4.43. The maximum atomic E-state index is 12.0. The molecule has 0 aliphatic heterocycles. The van der Waals surface area contributed by atoms with Crippen molar-refractivity contribution < 1.29 is 19.6 Å². The molecule has 0 saturated heterocycles.